The number of ether oxygens (including phenoxy) is 2. The van der Waals surface area contributed by atoms with E-state index in [0.717, 1.165) is 10.7 Å². The number of Topliss-reactive ketones (excluding diaryl/α,β-unsaturated/α-hetero) is 2. The van der Waals surface area contributed by atoms with Gasteiger partial charge in [0.05, 0.1) is 17.6 Å². The van der Waals surface area contributed by atoms with Crippen LogP contribution in [0.25, 0.3) is 5.69 Å². The number of carbonyl (C=O) groups excluding carboxylic acids is 2. The maximum absolute atomic E-state index is 13.6. The van der Waals surface area contributed by atoms with Crippen molar-refractivity contribution < 1.29 is 27.8 Å². The van der Waals surface area contributed by atoms with Crippen LogP contribution in [-0.2, 0) is 9.59 Å². The molecule has 0 bridgehead atoms. The third-order valence-electron chi connectivity index (χ3n) is 4.68. The van der Waals surface area contributed by atoms with Crippen LogP contribution in [-0.4, -0.2) is 44.9 Å². The van der Waals surface area contributed by atoms with E-state index in [-0.39, 0.29) is 28.6 Å². The first kappa shape index (κ1) is 18.9. The summed E-state index contributed by atoms with van der Waals surface area (Å²) in [6.45, 7) is 1.37. The Labute approximate surface area is 173 Å². The van der Waals surface area contributed by atoms with Gasteiger partial charge in [-0.2, -0.15) is 10.2 Å². The molecule has 4 heterocycles. The molecule has 0 saturated carbocycles. The molecule has 9 nitrogen and oxygen atoms in total. The highest BCUT2D eigenvalue weighted by molar-refractivity contribution is 6.69. The summed E-state index contributed by atoms with van der Waals surface area (Å²) in [7, 11) is 0. The number of rotatable bonds is 3. The highest BCUT2D eigenvalue weighted by atomic mass is 19.3. The Bertz CT molecular complexity index is 1270. The van der Waals surface area contributed by atoms with Gasteiger partial charge in [-0.15, -0.1) is 8.78 Å². The molecule has 2 aliphatic heterocycles. The number of pyridine rings is 1. The second kappa shape index (κ2) is 6.69. The minimum absolute atomic E-state index is 0.0684. The monoisotopic (exact) mass is 425 g/mol. The molecule has 0 radical (unpaired) electrons. The van der Waals surface area contributed by atoms with Crippen molar-refractivity contribution in [2.75, 3.05) is 11.6 Å². The number of aromatic nitrogens is 3. The largest absolute Gasteiger partial charge is 0.586 e. The normalized spacial score (nSPS) is 17.1. The molecule has 1 aromatic carbocycles. The molecule has 0 N–H and O–H groups in total. The quantitative estimate of drug-likeness (QED) is 0.594. The van der Waals surface area contributed by atoms with Gasteiger partial charge in [0.1, 0.15) is 12.2 Å². The van der Waals surface area contributed by atoms with E-state index in [9.17, 15) is 18.4 Å². The predicted molar refractivity (Wildman–Crippen MR) is 103 cm³/mol. The number of hydrazone groups is 1. The van der Waals surface area contributed by atoms with Crippen molar-refractivity contribution in [3.8, 4) is 17.2 Å². The number of halogens is 2. The summed E-state index contributed by atoms with van der Waals surface area (Å²) >= 11 is 0. The van der Waals surface area contributed by atoms with E-state index in [2.05, 4.69) is 24.7 Å². The van der Waals surface area contributed by atoms with Crippen LogP contribution in [0.5, 0.6) is 11.5 Å². The molecule has 0 amide bonds. The number of para-hydroxylation sites is 1. The van der Waals surface area contributed by atoms with E-state index in [0.29, 0.717) is 5.69 Å². The minimum Gasteiger partial charge on any atom is -0.395 e. The molecule has 0 unspecified atom stereocenters. The summed E-state index contributed by atoms with van der Waals surface area (Å²) in [5.74, 6) is -2.03. The molecular formula is C20H13F2N5O4. The molecule has 0 fully saturated rings. The Morgan fingerprint density at radius 3 is 2.74 bits per heavy atom. The number of aryl methyl sites for hydroxylation is 1. The van der Waals surface area contributed by atoms with Crippen molar-refractivity contribution >= 4 is 23.0 Å². The predicted octanol–water partition coefficient (Wildman–Crippen LogP) is 2.26. The smallest absolute Gasteiger partial charge is 0.395 e. The van der Waals surface area contributed by atoms with E-state index in [1.165, 1.54) is 35.1 Å². The topological polar surface area (TPSA) is 98.9 Å². The highest BCUT2D eigenvalue weighted by Gasteiger charge is 2.46. The number of benzene rings is 1. The SMILES string of the molecule is Cc1cc(-n2nccc2C2=NN(c3cccc4c3OC(F)(F)O4)CC(=O)C2=O)ccn1. The summed E-state index contributed by atoms with van der Waals surface area (Å²) in [6.07, 6.45) is -0.788. The first-order valence-electron chi connectivity index (χ1n) is 9.12. The van der Waals surface area contributed by atoms with Crippen molar-refractivity contribution in [1.29, 1.82) is 0 Å². The van der Waals surface area contributed by atoms with Crippen LogP contribution in [0.1, 0.15) is 11.4 Å². The Hall–Kier alpha value is -4.15. The van der Waals surface area contributed by atoms with Gasteiger partial charge >= 0.3 is 6.29 Å². The van der Waals surface area contributed by atoms with Crippen molar-refractivity contribution in [1.82, 2.24) is 14.8 Å². The number of anilines is 1. The lowest BCUT2D eigenvalue weighted by Gasteiger charge is -2.24. The van der Waals surface area contributed by atoms with Crippen LogP contribution >= 0.6 is 0 Å². The van der Waals surface area contributed by atoms with Crippen LogP contribution in [0.2, 0.25) is 0 Å². The molecule has 3 aromatic rings. The lowest BCUT2D eigenvalue weighted by molar-refractivity contribution is -0.286. The van der Waals surface area contributed by atoms with Gasteiger partial charge < -0.3 is 9.47 Å². The molecule has 2 aliphatic rings. The maximum Gasteiger partial charge on any atom is 0.586 e. The van der Waals surface area contributed by atoms with Crippen molar-refractivity contribution in [3.05, 3.63) is 60.2 Å². The Morgan fingerprint density at radius 2 is 1.94 bits per heavy atom. The third kappa shape index (κ3) is 3.19. The fraction of sp³-hybridized carbons (Fsp3) is 0.150. The molecule has 0 spiro atoms. The second-order valence-corrected chi connectivity index (χ2v) is 6.81. The Balaban J connectivity index is 1.61. The number of hydrogen-bond acceptors (Lipinski definition) is 8. The molecule has 5 rings (SSSR count). The van der Waals surface area contributed by atoms with Crippen LogP contribution in [0.15, 0.2) is 53.9 Å². The molecule has 11 heteroatoms. The summed E-state index contributed by atoms with van der Waals surface area (Å²) in [4.78, 5) is 29.3. The van der Waals surface area contributed by atoms with Crippen molar-refractivity contribution in [3.63, 3.8) is 0 Å². The van der Waals surface area contributed by atoms with E-state index >= 15 is 0 Å². The van der Waals surface area contributed by atoms with Gasteiger partial charge in [0.2, 0.25) is 5.78 Å². The molecular weight excluding hydrogens is 412 g/mol. The van der Waals surface area contributed by atoms with E-state index in [1.807, 2.05) is 0 Å². The van der Waals surface area contributed by atoms with Crippen molar-refractivity contribution in [2.24, 2.45) is 5.10 Å². The number of ketones is 2. The summed E-state index contributed by atoms with van der Waals surface area (Å²) in [5.41, 5.74) is 1.50. The summed E-state index contributed by atoms with van der Waals surface area (Å²) < 4.78 is 37.6. The van der Waals surface area contributed by atoms with Gasteiger partial charge in [-0.05, 0) is 37.3 Å². The lowest BCUT2D eigenvalue weighted by Crippen LogP contribution is -2.42. The molecule has 2 aromatic heterocycles. The van der Waals surface area contributed by atoms with E-state index in [1.54, 1.807) is 25.3 Å². The van der Waals surface area contributed by atoms with E-state index < -0.39 is 24.4 Å². The van der Waals surface area contributed by atoms with Gasteiger partial charge in [-0.1, -0.05) is 6.07 Å². The fourth-order valence-electron chi connectivity index (χ4n) is 3.36. The lowest BCUT2D eigenvalue weighted by atomic mass is 10.1. The zero-order valence-corrected chi connectivity index (χ0v) is 16.0. The third-order valence-corrected chi connectivity index (χ3v) is 4.68. The highest BCUT2D eigenvalue weighted by Crippen LogP contribution is 2.47. The van der Waals surface area contributed by atoms with Gasteiger partial charge in [-0.3, -0.25) is 19.6 Å². The first-order valence-corrected chi connectivity index (χ1v) is 9.12. The number of alkyl halides is 2. The van der Waals surface area contributed by atoms with Crippen molar-refractivity contribution in [2.45, 2.75) is 13.2 Å². The van der Waals surface area contributed by atoms with Crippen LogP contribution in [0.3, 0.4) is 0 Å². The molecule has 156 valence electrons. The Kier molecular flexibility index (Phi) is 4.07. The van der Waals surface area contributed by atoms with Gasteiger partial charge in [0, 0.05) is 11.9 Å². The zero-order valence-electron chi connectivity index (χ0n) is 16.0. The second-order valence-electron chi connectivity index (χ2n) is 6.81. The average Bonchev–Trinajstić information content (AvgIpc) is 3.32. The van der Waals surface area contributed by atoms with Crippen LogP contribution < -0.4 is 14.5 Å². The average molecular weight is 425 g/mol. The molecule has 31 heavy (non-hydrogen) atoms. The number of hydrogen-bond donors (Lipinski definition) is 0. The van der Waals surface area contributed by atoms with Gasteiger partial charge in [-0.25, -0.2) is 4.68 Å². The molecule has 0 atom stereocenters. The molecule has 0 aliphatic carbocycles. The fourth-order valence-corrected chi connectivity index (χ4v) is 3.36. The first-order chi connectivity index (χ1) is 14.8. The zero-order chi connectivity index (χ0) is 21.8. The standard InChI is InChI=1S/C20H13F2N5O4/c1-11-9-12(5-7-23-11)27-13(6-8-24-27)17-18(29)15(28)10-26(25-17)14-3-2-4-16-19(14)31-20(21,22)30-16/h2-9H,10H2,1H3. The van der Waals surface area contributed by atoms with Gasteiger partial charge in [0.15, 0.2) is 17.2 Å². The van der Waals surface area contributed by atoms with Crippen LogP contribution in [0.4, 0.5) is 14.5 Å². The summed E-state index contributed by atoms with van der Waals surface area (Å²) in [5, 5.41) is 9.64. The van der Waals surface area contributed by atoms with Gasteiger partial charge in [0.25, 0.3) is 5.78 Å². The number of fused-ring (bicyclic) bond motifs is 1. The minimum atomic E-state index is -3.83. The van der Waals surface area contributed by atoms with Crippen LogP contribution in [0, 0.1) is 6.92 Å². The number of nitrogens with zero attached hydrogens (tertiary/aromatic N) is 5. The summed E-state index contributed by atoms with van der Waals surface area (Å²) in [6, 6.07) is 9.18. The maximum atomic E-state index is 13.6. The van der Waals surface area contributed by atoms with E-state index in [4.69, 9.17) is 0 Å². The Morgan fingerprint density at radius 1 is 1.10 bits per heavy atom. The number of carbonyl (C=O) groups is 2. The molecule has 0 saturated heterocycles.